The molecule has 1 heterocycles. The fourth-order valence-corrected chi connectivity index (χ4v) is 0.739. The summed E-state index contributed by atoms with van der Waals surface area (Å²) in [4.78, 5) is 20.7. The normalized spacial score (nSPS) is 10.3. The molecule has 0 unspecified atom stereocenters. The largest absolute Gasteiger partial charge is 0.383 e. The molecule has 1 aromatic rings. The van der Waals surface area contributed by atoms with Crippen molar-refractivity contribution in [1.29, 1.82) is 0 Å². The van der Waals surface area contributed by atoms with Gasteiger partial charge in [-0.3, -0.25) is 4.79 Å². The first-order valence-corrected chi connectivity index (χ1v) is 3.84. The topological polar surface area (TPSA) is 46.1 Å². The zero-order chi connectivity index (χ0) is 9.68. The van der Waals surface area contributed by atoms with Crippen molar-refractivity contribution in [3.8, 4) is 0 Å². The van der Waals surface area contributed by atoms with Crippen LogP contribution in [0.4, 0.5) is 0 Å². The van der Waals surface area contributed by atoms with E-state index in [1.165, 1.54) is 24.8 Å². The second kappa shape index (κ2) is 4.35. The van der Waals surface area contributed by atoms with Crippen molar-refractivity contribution in [1.82, 2.24) is 14.9 Å². The molecule has 0 saturated heterocycles. The summed E-state index contributed by atoms with van der Waals surface area (Å²) in [5.74, 6) is -0.0886. The van der Waals surface area contributed by atoms with Crippen LogP contribution in [0.3, 0.4) is 0 Å². The minimum atomic E-state index is -0.0886. The molecule has 0 spiro atoms. The fourth-order valence-electron chi connectivity index (χ4n) is 0.739. The molecule has 4 heteroatoms. The van der Waals surface area contributed by atoms with E-state index in [9.17, 15) is 4.79 Å². The van der Waals surface area contributed by atoms with Gasteiger partial charge >= 0.3 is 0 Å². The molecular formula is C9H11N3O. The lowest BCUT2D eigenvalue weighted by atomic mass is 10.2. The molecule has 0 fully saturated rings. The molecule has 68 valence electrons. The van der Waals surface area contributed by atoms with Gasteiger partial charge in [-0.05, 0) is 0 Å². The maximum atomic E-state index is 11.4. The molecule has 0 aliphatic carbocycles. The van der Waals surface area contributed by atoms with Gasteiger partial charge in [0.25, 0.3) is 0 Å². The lowest BCUT2D eigenvalue weighted by Gasteiger charge is -2.02. The van der Waals surface area contributed by atoms with E-state index < -0.39 is 0 Å². The quantitative estimate of drug-likeness (QED) is 0.504. The van der Waals surface area contributed by atoms with Gasteiger partial charge in [-0.15, -0.1) is 0 Å². The van der Waals surface area contributed by atoms with E-state index in [1.54, 1.807) is 11.1 Å². The Hall–Kier alpha value is -1.71. The van der Waals surface area contributed by atoms with E-state index in [1.807, 2.05) is 14.1 Å². The summed E-state index contributed by atoms with van der Waals surface area (Å²) >= 11 is 0. The summed E-state index contributed by atoms with van der Waals surface area (Å²) in [5, 5.41) is 0. The summed E-state index contributed by atoms with van der Waals surface area (Å²) in [7, 11) is 3.70. The smallest absolute Gasteiger partial charge is 0.190 e. The zero-order valence-corrected chi connectivity index (χ0v) is 7.64. The molecule has 0 bridgehead atoms. The molecule has 0 aliphatic rings. The van der Waals surface area contributed by atoms with E-state index >= 15 is 0 Å². The number of allylic oxidation sites excluding steroid dienone is 1. The van der Waals surface area contributed by atoms with Crippen molar-refractivity contribution < 1.29 is 4.79 Å². The molecule has 0 aliphatic heterocycles. The molecule has 0 amide bonds. The van der Waals surface area contributed by atoms with E-state index in [2.05, 4.69) is 9.97 Å². The monoisotopic (exact) mass is 177 g/mol. The highest BCUT2D eigenvalue weighted by Crippen LogP contribution is 1.96. The Kier molecular flexibility index (Phi) is 3.14. The van der Waals surface area contributed by atoms with E-state index in [0.717, 1.165) is 0 Å². The predicted octanol–water partition coefficient (Wildman–Crippen LogP) is 0.735. The van der Waals surface area contributed by atoms with Crippen LogP contribution in [-0.4, -0.2) is 34.7 Å². The van der Waals surface area contributed by atoms with Crippen molar-refractivity contribution in [2.24, 2.45) is 0 Å². The Morgan fingerprint density at radius 1 is 1.38 bits per heavy atom. The number of carbonyl (C=O) groups excluding carboxylic acids is 1. The number of carbonyl (C=O) groups is 1. The van der Waals surface area contributed by atoms with Crippen LogP contribution in [0.5, 0.6) is 0 Å². The van der Waals surface area contributed by atoms with Crippen LogP contribution in [0.25, 0.3) is 0 Å². The minimum absolute atomic E-state index is 0.0886. The SMILES string of the molecule is CN(C)/C=C\C(=O)c1cncnc1. The summed E-state index contributed by atoms with van der Waals surface area (Å²) in [6.45, 7) is 0. The molecule has 1 aromatic heterocycles. The van der Waals surface area contributed by atoms with Gasteiger partial charge < -0.3 is 4.90 Å². The van der Waals surface area contributed by atoms with Crippen LogP contribution >= 0.6 is 0 Å². The van der Waals surface area contributed by atoms with Crippen LogP contribution in [0.15, 0.2) is 31.0 Å². The Morgan fingerprint density at radius 2 is 2.00 bits per heavy atom. The second-order valence-corrected chi connectivity index (χ2v) is 2.77. The minimum Gasteiger partial charge on any atom is -0.383 e. The number of nitrogens with zero attached hydrogens (tertiary/aromatic N) is 3. The highest BCUT2D eigenvalue weighted by molar-refractivity contribution is 6.03. The lowest BCUT2D eigenvalue weighted by Crippen LogP contribution is -2.03. The maximum Gasteiger partial charge on any atom is 0.190 e. The fraction of sp³-hybridized carbons (Fsp3) is 0.222. The van der Waals surface area contributed by atoms with Crippen LogP contribution in [0.1, 0.15) is 10.4 Å². The van der Waals surface area contributed by atoms with Gasteiger partial charge in [0.15, 0.2) is 5.78 Å². The summed E-state index contributed by atoms with van der Waals surface area (Å²) in [6, 6.07) is 0. The van der Waals surface area contributed by atoms with Crippen molar-refractivity contribution in [3.05, 3.63) is 36.6 Å². The molecule has 0 aromatic carbocycles. The van der Waals surface area contributed by atoms with Gasteiger partial charge in [-0.1, -0.05) is 0 Å². The number of aromatic nitrogens is 2. The van der Waals surface area contributed by atoms with Gasteiger partial charge in [0.05, 0.1) is 5.56 Å². The van der Waals surface area contributed by atoms with Gasteiger partial charge in [0.1, 0.15) is 6.33 Å². The Labute approximate surface area is 76.9 Å². The first-order valence-electron chi connectivity index (χ1n) is 3.84. The highest BCUT2D eigenvalue weighted by atomic mass is 16.1. The van der Waals surface area contributed by atoms with Crippen LogP contribution in [0.2, 0.25) is 0 Å². The number of rotatable bonds is 3. The Morgan fingerprint density at radius 3 is 2.54 bits per heavy atom. The average Bonchev–Trinajstić information content (AvgIpc) is 2.15. The predicted molar refractivity (Wildman–Crippen MR) is 49.2 cm³/mol. The molecule has 0 saturated carbocycles. The van der Waals surface area contributed by atoms with Crippen molar-refractivity contribution in [2.45, 2.75) is 0 Å². The van der Waals surface area contributed by atoms with Gasteiger partial charge in [0.2, 0.25) is 0 Å². The summed E-state index contributed by atoms with van der Waals surface area (Å²) in [6.07, 6.45) is 7.56. The summed E-state index contributed by atoms with van der Waals surface area (Å²) < 4.78 is 0. The third-order valence-corrected chi connectivity index (χ3v) is 1.37. The maximum absolute atomic E-state index is 11.4. The standard InChI is InChI=1S/C9H11N3O/c1-12(2)4-3-9(13)8-5-10-7-11-6-8/h3-7H,1-2H3/b4-3-. The third-order valence-electron chi connectivity index (χ3n) is 1.37. The van der Waals surface area contributed by atoms with Crippen molar-refractivity contribution in [3.63, 3.8) is 0 Å². The lowest BCUT2D eigenvalue weighted by molar-refractivity contribution is 0.104. The number of hydrogen-bond donors (Lipinski definition) is 0. The first-order chi connectivity index (χ1) is 6.20. The Bertz CT molecular complexity index is 306. The molecule has 13 heavy (non-hydrogen) atoms. The number of ketones is 1. The van der Waals surface area contributed by atoms with Crippen LogP contribution in [-0.2, 0) is 0 Å². The van der Waals surface area contributed by atoms with E-state index in [4.69, 9.17) is 0 Å². The molecule has 1 rings (SSSR count). The Balaban J connectivity index is 2.70. The third kappa shape index (κ3) is 3.02. The molecule has 0 N–H and O–H groups in total. The molecular weight excluding hydrogens is 166 g/mol. The van der Waals surface area contributed by atoms with E-state index in [-0.39, 0.29) is 5.78 Å². The van der Waals surface area contributed by atoms with Crippen LogP contribution < -0.4 is 0 Å². The van der Waals surface area contributed by atoms with Gasteiger partial charge in [0, 0.05) is 38.8 Å². The van der Waals surface area contributed by atoms with Gasteiger partial charge in [-0.2, -0.15) is 0 Å². The number of hydrogen-bond acceptors (Lipinski definition) is 4. The van der Waals surface area contributed by atoms with Gasteiger partial charge in [-0.25, -0.2) is 9.97 Å². The summed E-state index contributed by atoms with van der Waals surface area (Å²) in [5.41, 5.74) is 0.501. The molecule has 0 atom stereocenters. The average molecular weight is 177 g/mol. The molecule has 0 radical (unpaired) electrons. The van der Waals surface area contributed by atoms with Crippen molar-refractivity contribution in [2.75, 3.05) is 14.1 Å². The first kappa shape index (κ1) is 9.38. The highest BCUT2D eigenvalue weighted by Gasteiger charge is 2.00. The van der Waals surface area contributed by atoms with Crippen LogP contribution in [0, 0.1) is 0 Å². The molecule has 4 nitrogen and oxygen atoms in total. The van der Waals surface area contributed by atoms with Crippen molar-refractivity contribution >= 4 is 5.78 Å². The second-order valence-electron chi connectivity index (χ2n) is 2.77. The zero-order valence-electron chi connectivity index (χ0n) is 7.64. The van der Waals surface area contributed by atoms with E-state index in [0.29, 0.717) is 5.56 Å².